The first kappa shape index (κ1) is 98.3. The number of piperidine rings is 3. The maximum Gasteiger partial charge on any atom is 0.323 e. The summed E-state index contributed by atoms with van der Waals surface area (Å²) in [5.41, 5.74) is 5.23. The lowest BCUT2D eigenvalue weighted by molar-refractivity contribution is -0.147. The highest BCUT2D eigenvalue weighted by atomic mass is 16.5. The van der Waals surface area contributed by atoms with Gasteiger partial charge in [0.1, 0.15) is 36.3 Å². The monoisotopic (exact) mass is 1650 g/mol. The Labute approximate surface area is 708 Å². The maximum atomic E-state index is 14.2. The Hall–Kier alpha value is -6.85. The Morgan fingerprint density at radius 1 is 0.398 bits per heavy atom. The average Bonchev–Trinajstić information content (AvgIpc) is 1.43. The van der Waals surface area contributed by atoms with Crippen LogP contribution in [0, 0.1) is 34.0 Å². The Balaban J connectivity index is 0.000000248. The minimum atomic E-state index is -0.669. The van der Waals surface area contributed by atoms with E-state index < -0.39 is 52.4 Å². The summed E-state index contributed by atoms with van der Waals surface area (Å²) >= 11 is 0. The van der Waals surface area contributed by atoms with Gasteiger partial charge in [-0.3, -0.25) is 82.1 Å². The Bertz CT molecular complexity index is 3490. The minimum Gasteiger partial charge on any atom is -0.468 e. The van der Waals surface area contributed by atoms with Crippen LogP contribution in [0.3, 0.4) is 0 Å². The second-order valence-corrected chi connectivity index (χ2v) is 39.6. The van der Waals surface area contributed by atoms with Crippen molar-refractivity contribution >= 4 is 65.0 Å². The Kier molecular flexibility index (Phi) is 36.9. The molecule has 1 aromatic rings. The lowest BCUT2D eigenvalue weighted by Crippen LogP contribution is -2.61. The number of benzene rings is 1. The van der Waals surface area contributed by atoms with Crippen molar-refractivity contribution in [3.05, 3.63) is 35.9 Å². The molecule has 1 aromatic carbocycles. The third-order valence-corrected chi connectivity index (χ3v) is 26.7. The highest BCUT2D eigenvalue weighted by molar-refractivity contribution is 5.94. The number of carbonyl (C=O) groups is 11. The van der Waals surface area contributed by atoms with Crippen LogP contribution in [0.5, 0.6) is 0 Å². The predicted molar refractivity (Wildman–Crippen MR) is 462 cm³/mol. The minimum absolute atomic E-state index is 0.0165. The van der Waals surface area contributed by atoms with Gasteiger partial charge in [0.2, 0.25) is 59.1 Å². The van der Waals surface area contributed by atoms with Gasteiger partial charge >= 0.3 is 5.97 Å². The third kappa shape index (κ3) is 26.1. The van der Waals surface area contributed by atoms with Crippen molar-refractivity contribution in [3.63, 3.8) is 0 Å². The van der Waals surface area contributed by atoms with E-state index in [4.69, 9.17) is 10.5 Å². The van der Waals surface area contributed by atoms with Crippen molar-refractivity contribution in [2.75, 3.05) is 121 Å². The van der Waals surface area contributed by atoms with Crippen LogP contribution in [0.4, 0.5) is 0 Å². The summed E-state index contributed by atoms with van der Waals surface area (Å²) in [5.74, 6) is -0.808. The van der Waals surface area contributed by atoms with E-state index in [1.165, 1.54) is 7.11 Å². The highest BCUT2D eigenvalue weighted by Crippen LogP contribution is 2.34. The molecule has 0 aliphatic carbocycles. The maximum absolute atomic E-state index is 14.2. The van der Waals surface area contributed by atoms with Crippen LogP contribution in [0.15, 0.2) is 30.3 Å². The summed E-state index contributed by atoms with van der Waals surface area (Å²) in [4.78, 5) is 168. The molecule has 28 heteroatoms. The summed E-state index contributed by atoms with van der Waals surface area (Å²) in [6, 6.07) is 5.01. The predicted octanol–water partition coefficient (Wildman–Crippen LogP) is 6.80. The van der Waals surface area contributed by atoms with Crippen LogP contribution in [-0.2, 0) is 64.0 Å². The van der Waals surface area contributed by atoms with Crippen molar-refractivity contribution in [2.45, 2.75) is 317 Å². The summed E-state index contributed by atoms with van der Waals surface area (Å²) < 4.78 is 4.99. The molecule has 9 rings (SSSR count). The molecule has 0 saturated carbocycles. The number of nitrogens with one attached hydrogen (secondary N) is 4. The van der Waals surface area contributed by atoms with Crippen molar-refractivity contribution in [1.29, 1.82) is 0 Å². The van der Waals surface area contributed by atoms with Crippen molar-refractivity contribution in [1.82, 2.24) is 75.2 Å². The molecule has 8 saturated heterocycles. The number of nitrogens with two attached hydrogens (primary N) is 1. The first-order chi connectivity index (χ1) is 55.4. The molecule has 8 fully saturated rings. The highest BCUT2D eigenvalue weighted by Gasteiger charge is 2.48. The number of likely N-dealkylation sites (N-methyl/N-ethyl adjacent to an activating group) is 6. The first-order valence-electron chi connectivity index (χ1n) is 44.7. The number of esters is 1. The van der Waals surface area contributed by atoms with E-state index in [1.807, 2.05) is 135 Å². The molecule has 3 unspecified atom stereocenters. The standard InChI is InChI=1S/C36H58N6O4.C29H52N6O4.C25H46N4O4/c1-25(2)30(40(7)35(46)31(36(3,4)5)38-33(44)27-17-11-12-20-39(27)6)24-41-21-13-19-29(41)34(45)42-22-14-18-28(42)32(43)37-23-26-15-9-8-10-16-26;1-19(2)23(18-34-16-10-14-22(34)27(38)35-17-11-13-20(35)25(30)36)33(7)28(39)24(29(3,4)5)31-26(37)21-12-8-9-15-32(21)6;1-17(2)20(16-29-15-11-13-19(29)24(32)33-8)28(7)23(31)21(25(3,4)5)26-22(30)18-12-9-10-14-27(18)6/h8-10,15-16,25,27-31H,11-14,17-24H2,1-7H3,(H,37,43)(H,38,44);19-24H,8-18H2,1-7H3,(H2,30,36)(H,31,37);17-21H,9-16H2,1-8H3,(H,26,30)/t27-,28?,29?,30-,31-;20-,21+,22?,23+,24+;18-,19+,20-,21-/m101/s1. The number of hydrogen-bond donors (Lipinski definition) is 5. The summed E-state index contributed by atoms with van der Waals surface area (Å²) in [6.07, 6.45) is 16.6. The van der Waals surface area contributed by atoms with E-state index in [-0.39, 0.29) is 131 Å². The number of hydrogen-bond acceptors (Lipinski definition) is 18. The molecule has 0 spiro atoms. The zero-order valence-corrected chi connectivity index (χ0v) is 76.5. The van der Waals surface area contributed by atoms with Gasteiger partial charge in [-0.25, -0.2) is 0 Å². The summed E-state index contributed by atoms with van der Waals surface area (Å²) in [7, 11) is 12.8. The van der Waals surface area contributed by atoms with E-state index in [2.05, 4.69) is 92.2 Å². The molecule has 10 amide bonds. The molecule has 0 bridgehead atoms. The zero-order valence-electron chi connectivity index (χ0n) is 76.5. The molecule has 8 heterocycles. The van der Waals surface area contributed by atoms with Gasteiger partial charge < -0.3 is 56.2 Å². The third-order valence-electron chi connectivity index (χ3n) is 26.7. The van der Waals surface area contributed by atoms with Gasteiger partial charge in [-0.2, -0.15) is 0 Å². The van der Waals surface area contributed by atoms with Crippen LogP contribution in [0.2, 0.25) is 0 Å². The van der Waals surface area contributed by atoms with E-state index in [0.29, 0.717) is 52.1 Å². The summed E-state index contributed by atoms with van der Waals surface area (Å²) in [5, 5.41) is 12.4. The second-order valence-electron chi connectivity index (χ2n) is 39.6. The SMILES string of the molecule is CC(C)[C@@H](CN1CCCC1C(=O)N1CCCC1C(=O)NCc1ccccc1)N(C)C(=O)[C@@H](NC(=O)[C@H]1CCCCN1C)C(C)(C)C.CC(C)[C@@H](CN1CCCC1C(=O)N1CCC[C@H]1C(N)=O)N(C)C(=O)[C@@H](NC(=O)[C@H]1CCCCN1C)C(C)(C)C.COC(=O)[C@@H]1CCCN1C[C@H](C(C)C)N(C)C(=O)[C@@H](NC(=O)[C@H]1CCCCN1C)C(C)(C)C. The Morgan fingerprint density at radius 2 is 0.695 bits per heavy atom. The number of rotatable bonds is 28. The quantitative estimate of drug-likeness (QED) is 0.0539. The lowest BCUT2D eigenvalue weighted by Gasteiger charge is -2.41. The van der Waals surface area contributed by atoms with Gasteiger partial charge in [-0.15, -0.1) is 0 Å². The molecular weight excluding hydrogens is 1500 g/mol. The fourth-order valence-electron chi connectivity index (χ4n) is 19.1. The molecular formula is C90H156N16O12. The van der Waals surface area contributed by atoms with Crippen molar-refractivity contribution in [2.24, 2.45) is 39.7 Å². The van der Waals surface area contributed by atoms with Gasteiger partial charge in [0, 0.05) is 78.5 Å². The zero-order chi connectivity index (χ0) is 87.6. The van der Waals surface area contributed by atoms with Gasteiger partial charge in [-0.1, -0.05) is 153 Å². The number of nitrogens with zero attached hydrogens (tertiary/aromatic N) is 11. The smallest absolute Gasteiger partial charge is 0.323 e. The van der Waals surface area contributed by atoms with E-state index in [0.717, 1.165) is 154 Å². The van der Waals surface area contributed by atoms with Crippen LogP contribution < -0.4 is 27.0 Å². The summed E-state index contributed by atoms with van der Waals surface area (Å²) in [6.45, 7) is 38.8. The van der Waals surface area contributed by atoms with Gasteiger partial charge in [-0.05, 0) is 203 Å². The second kappa shape index (κ2) is 44.3. The number of ether oxygens (including phenoxy) is 1. The number of methoxy groups -OCH3 is 1. The van der Waals surface area contributed by atoms with E-state index in [1.54, 1.807) is 24.5 Å². The molecule has 668 valence electrons. The molecule has 0 aromatic heterocycles. The van der Waals surface area contributed by atoms with Gasteiger partial charge in [0.15, 0.2) is 0 Å². The molecule has 28 nitrogen and oxygen atoms in total. The largest absolute Gasteiger partial charge is 0.468 e. The first-order valence-corrected chi connectivity index (χ1v) is 44.7. The van der Waals surface area contributed by atoms with Gasteiger partial charge in [0.25, 0.3) is 0 Å². The van der Waals surface area contributed by atoms with Crippen LogP contribution in [0.1, 0.15) is 231 Å². The van der Waals surface area contributed by atoms with E-state index in [9.17, 15) is 52.7 Å². The number of amides is 10. The molecule has 14 atom stereocenters. The number of carbonyl (C=O) groups excluding carboxylic acids is 11. The van der Waals surface area contributed by atoms with Crippen molar-refractivity contribution < 1.29 is 57.5 Å². The van der Waals surface area contributed by atoms with Crippen molar-refractivity contribution in [3.8, 4) is 0 Å². The fourth-order valence-corrected chi connectivity index (χ4v) is 19.1. The normalized spacial score (nSPS) is 25.0. The Morgan fingerprint density at radius 3 is 1.01 bits per heavy atom. The molecule has 0 radical (unpaired) electrons. The topological polar surface area (TPSA) is 307 Å². The number of likely N-dealkylation sites (tertiary alicyclic amines) is 8. The van der Waals surface area contributed by atoms with Crippen LogP contribution >= 0.6 is 0 Å². The lowest BCUT2D eigenvalue weighted by atomic mass is 9.84. The van der Waals surface area contributed by atoms with Crippen LogP contribution in [-0.4, -0.2) is 325 Å². The number of primary amides is 1. The van der Waals surface area contributed by atoms with Gasteiger partial charge in [0.05, 0.1) is 37.3 Å². The molecule has 118 heavy (non-hydrogen) atoms. The van der Waals surface area contributed by atoms with Crippen LogP contribution in [0.25, 0.3) is 0 Å². The fraction of sp³-hybridized carbons (Fsp3) is 0.811. The molecule has 8 aliphatic heterocycles. The average molecular weight is 1650 g/mol. The molecule has 6 N–H and O–H groups in total. The molecule has 8 aliphatic rings. The van der Waals surface area contributed by atoms with E-state index >= 15 is 0 Å².